The number of carbonyl (C=O) groups is 1. The number of halogens is 1. The summed E-state index contributed by atoms with van der Waals surface area (Å²) < 4.78 is 0.851. The van der Waals surface area contributed by atoms with Gasteiger partial charge in [0.05, 0.1) is 0 Å². The Kier molecular flexibility index (Phi) is 3.54. The summed E-state index contributed by atoms with van der Waals surface area (Å²) in [4.78, 5) is 15.9. The first-order chi connectivity index (χ1) is 8.15. The standard InChI is InChI=1S/C13H11BrN2O/c1-9-2-5-11(6-3-9)16-13(17)12-7-4-10(14)8-15-12/h2-8H,1H3,(H,16,17). The summed E-state index contributed by atoms with van der Waals surface area (Å²) in [5.41, 5.74) is 2.32. The van der Waals surface area contributed by atoms with E-state index in [2.05, 4.69) is 26.2 Å². The molecule has 1 amide bonds. The van der Waals surface area contributed by atoms with E-state index in [-0.39, 0.29) is 5.91 Å². The molecule has 0 fully saturated rings. The minimum Gasteiger partial charge on any atom is -0.321 e. The molecule has 0 aliphatic heterocycles. The Hall–Kier alpha value is -1.68. The number of nitrogens with zero attached hydrogens (tertiary/aromatic N) is 1. The lowest BCUT2D eigenvalue weighted by Gasteiger charge is -2.04. The smallest absolute Gasteiger partial charge is 0.274 e. The van der Waals surface area contributed by atoms with E-state index in [4.69, 9.17) is 0 Å². The van der Waals surface area contributed by atoms with Gasteiger partial charge in [-0.1, -0.05) is 17.7 Å². The van der Waals surface area contributed by atoms with Gasteiger partial charge in [-0.3, -0.25) is 4.79 Å². The number of benzene rings is 1. The molecule has 17 heavy (non-hydrogen) atoms. The SMILES string of the molecule is Cc1ccc(NC(=O)c2ccc(Br)cn2)cc1. The van der Waals surface area contributed by atoms with Crippen LogP contribution in [0.4, 0.5) is 5.69 Å². The molecule has 86 valence electrons. The van der Waals surface area contributed by atoms with Crippen molar-refractivity contribution in [3.63, 3.8) is 0 Å². The summed E-state index contributed by atoms with van der Waals surface area (Å²) >= 11 is 3.28. The maximum absolute atomic E-state index is 11.8. The van der Waals surface area contributed by atoms with Crippen molar-refractivity contribution in [1.82, 2.24) is 4.98 Å². The van der Waals surface area contributed by atoms with Crippen LogP contribution in [-0.4, -0.2) is 10.9 Å². The molecule has 0 saturated carbocycles. The Bertz CT molecular complexity index is 520. The van der Waals surface area contributed by atoms with Crippen molar-refractivity contribution in [3.8, 4) is 0 Å². The summed E-state index contributed by atoms with van der Waals surface area (Å²) in [6.45, 7) is 2.00. The molecular formula is C13H11BrN2O. The minimum absolute atomic E-state index is 0.207. The average molecular weight is 291 g/mol. The Morgan fingerprint density at radius 3 is 2.47 bits per heavy atom. The van der Waals surface area contributed by atoms with Crippen LogP contribution in [0.15, 0.2) is 47.1 Å². The first kappa shape index (κ1) is 11.8. The summed E-state index contributed by atoms with van der Waals surface area (Å²) in [7, 11) is 0. The van der Waals surface area contributed by atoms with Crippen LogP contribution in [0.25, 0.3) is 0 Å². The van der Waals surface area contributed by atoms with E-state index in [9.17, 15) is 4.79 Å². The summed E-state index contributed by atoms with van der Waals surface area (Å²) in [5.74, 6) is -0.207. The van der Waals surface area contributed by atoms with Gasteiger partial charge in [-0.15, -0.1) is 0 Å². The molecule has 3 nitrogen and oxygen atoms in total. The second-order valence-corrected chi connectivity index (χ2v) is 4.60. The molecule has 1 aromatic carbocycles. The molecule has 0 aliphatic rings. The lowest BCUT2D eigenvalue weighted by Crippen LogP contribution is -2.13. The number of hydrogen-bond acceptors (Lipinski definition) is 2. The van der Waals surface area contributed by atoms with Gasteiger partial charge >= 0.3 is 0 Å². The van der Waals surface area contributed by atoms with E-state index in [0.29, 0.717) is 5.69 Å². The number of carbonyl (C=O) groups excluding carboxylic acids is 1. The van der Waals surface area contributed by atoms with Gasteiger partial charge in [0.15, 0.2) is 0 Å². The largest absolute Gasteiger partial charge is 0.321 e. The molecular weight excluding hydrogens is 280 g/mol. The molecule has 1 N–H and O–H groups in total. The van der Waals surface area contributed by atoms with Gasteiger partial charge in [0.25, 0.3) is 5.91 Å². The van der Waals surface area contributed by atoms with Crippen molar-refractivity contribution in [2.45, 2.75) is 6.92 Å². The Labute approximate surface area is 108 Å². The number of nitrogens with one attached hydrogen (secondary N) is 1. The van der Waals surface area contributed by atoms with Gasteiger partial charge in [-0.2, -0.15) is 0 Å². The topological polar surface area (TPSA) is 42.0 Å². The minimum atomic E-state index is -0.207. The number of pyridine rings is 1. The molecule has 0 saturated heterocycles. The van der Waals surface area contributed by atoms with E-state index in [1.807, 2.05) is 31.2 Å². The molecule has 2 aromatic rings. The van der Waals surface area contributed by atoms with Crippen LogP contribution < -0.4 is 5.32 Å². The van der Waals surface area contributed by atoms with Crippen LogP contribution in [0.5, 0.6) is 0 Å². The summed E-state index contributed by atoms with van der Waals surface area (Å²) in [6, 6.07) is 11.1. The highest BCUT2D eigenvalue weighted by molar-refractivity contribution is 9.10. The average Bonchev–Trinajstić information content (AvgIpc) is 2.33. The zero-order chi connectivity index (χ0) is 12.3. The number of hydrogen-bond donors (Lipinski definition) is 1. The maximum atomic E-state index is 11.8. The first-order valence-corrected chi connectivity index (χ1v) is 5.94. The van der Waals surface area contributed by atoms with Crippen molar-refractivity contribution in [3.05, 3.63) is 58.3 Å². The van der Waals surface area contributed by atoms with Gasteiger partial charge in [0, 0.05) is 16.4 Å². The fourth-order valence-corrected chi connectivity index (χ4v) is 1.58. The Morgan fingerprint density at radius 2 is 1.88 bits per heavy atom. The molecule has 0 atom stereocenters. The van der Waals surface area contributed by atoms with Crippen molar-refractivity contribution in [1.29, 1.82) is 0 Å². The van der Waals surface area contributed by atoms with Crippen LogP contribution in [0.3, 0.4) is 0 Å². The second-order valence-electron chi connectivity index (χ2n) is 3.68. The van der Waals surface area contributed by atoms with E-state index >= 15 is 0 Å². The van der Waals surface area contributed by atoms with Gasteiger partial charge in [-0.05, 0) is 47.1 Å². The van der Waals surface area contributed by atoms with Crippen LogP contribution in [0.1, 0.15) is 16.1 Å². The van der Waals surface area contributed by atoms with E-state index in [0.717, 1.165) is 15.7 Å². The summed E-state index contributed by atoms with van der Waals surface area (Å²) in [6.07, 6.45) is 1.60. The second kappa shape index (κ2) is 5.10. The lowest BCUT2D eigenvalue weighted by atomic mass is 10.2. The van der Waals surface area contributed by atoms with Crippen LogP contribution >= 0.6 is 15.9 Å². The molecule has 2 rings (SSSR count). The van der Waals surface area contributed by atoms with E-state index < -0.39 is 0 Å². The Morgan fingerprint density at radius 1 is 1.18 bits per heavy atom. The van der Waals surface area contributed by atoms with Gasteiger partial charge < -0.3 is 5.32 Å². The molecule has 0 aliphatic carbocycles. The predicted molar refractivity (Wildman–Crippen MR) is 71.1 cm³/mol. The number of aryl methyl sites for hydroxylation is 1. The Balaban J connectivity index is 2.11. The molecule has 0 radical (unpaired) electrons. The fraction of sp³-hybridized carbons (Fsp3) is 0.0769. The van der Waals surface area contributed by atoms with Gasteiger partial charge in [0.1, 0.15) is 5.69 Å². The first-order valence-electron chi connectivity index (χ1n) is 5.15. The van der Waals surface area contributed by atoms with E-state index in [1.165, 1.54) is 0 Å². The van der Waals surface area contributed by atoms with E-state index in [1.54, 1.807) is 18.3 Å². The third kappa shape index (κ3) is 3.14. The molecule has 1 heterocycles. The molecule has 4 heteroatoms. The fourth-order valence-electron chi connectivity index (χ4n) is 1.34. The highest BCUT2D eigenvalue weighted by Crippen LogP contribution is 2.11. The van der Waals surface area contributed by atoms with Crippen molar-refractivity contribution < 1.29 is 4.79 Å². The number of amides is 1. The maximum Gasteiger partial charge on any atom is 0.274 e. The molecule has 0 bridgehead atoms. The zero-order valence-electron chi connectivity index (χ0n) is 9.27. The lowest BCUT2D eigenvalue weighted by molar-refractivity contribution is 0.102. The highest BCUT2D eigenvalue weighted by Gasteiger charge is 2.06. The molecule has 0 unspecified atom stereocenters. The van der Waals surface area contributed by atoms with Gasteiger partial charge in [-0.25, -0.2) is 4.98 Å². The van der Waals surface area contributed by atoms with Crippen LogP contribution in [0, 0.1) is 6.92 Å². The van der Waals surface area contributed by atoms with Crippen molar-refractivity contribution in [2.75, 3.05) is 5.32 Å². The number of anilines is 1. The van der Waals surface area contributed by atoms with Crippen LogP contribution in [-0.2, 0) is 0 Å². The predicted octanol–water partition coefficient (Wildman–Crippen LogP) is 3.40. The third-order valence-electron chi connectivity index (χ3n) is 2.27. The van der Waals surface area contributed by atoms with Crippen LogP contribution in [0.2, 0.25) is 0 Å². The number of aromatic nitrogens is 1. The van der Waals surface area contributed by atoms with Gasteiger partial charge in [0.2, 0.25) is 0 Å². The summed E-state index contributed by atoms with van der Waals surface area (Å²) in [5, 5.41) is 2.79. The molecule has 0 spiro atoms. The monoisotopic (exact) mass is 290 g/mol. The molecule has 1 aromatic heterocycles. The quantitative estimate of drug-likeness (QED) is 0.921. The highest BCUT2D eigenvalue weighted by atomic mass is 79.9. The zero-order valence-corrected chi connectivity index (χ0v) is 10.9. The van der Waals surface area contributed by atoms with Crippen molar-refractivity contribution in [2.24, 2.45) is 0 Å². The van der Waals surface area contributed by atoms with Crippen molar-refractivity contribution >= 4 is 27.5 Å². The third-order valence-corrected chi connectivity index (χ3v) is 2.74. The number of rotatable bonds is 2. The normalized spacial score (nSPS) is 10.0.